The topological polar surface area (TPSA) is 71.8 Å². The van der Waals surface area contributed by atoms with E-state index in [0.717, 1.165) is 0 Å². The summed E-state index contributed by atoms with van der Waals surface area (Å²) in [6, 6.07) is 3.14. The van der Waals surface area contributed by atoms with Crippen molar-refractivity contribution >= 4 is 10.0 Å². The minimum absolute atomic E-state index is 0.0182. The Bertz CT molecular complexity index is 455. The third-order valence-electron chi connectivity index (χ3n) is 2.53. The number of methoxy groups -OCH3 is 1. The SMILES string of the molecule is CCN(C)S(=O)(=O)c1ccc(CNCCOC)o1. The normalized spacial score (nSPS) is 12.2. The number of nitrogens with zero attached hydrogens (tertiary/aromatic N) is 1. The van der Waals surface area contributed by atoms with Crippen LogP contribution in [0.25, 0.3) is 0 Å². The molecule has 1 rings (SSSR count). The van der Waals surface area contributed by atoms with Gasteiger partial charge < -0.3 is 14.5 Å². The first-order valence-electron chi connectivity index (χ1n) is 5.77. The van der Waals surface area contributed by atoms with E-state index in [1.165, 1.54) is 17.4 Å². The maximum Gasteiger partial charge on any atom is 0.276 e. The fraction of sp³-hybridized carbons (Fsp3) is 0.636. The zero-order valence-corrected chi connectivity index (χ0v) is 11.8. The summed E-state index contributed by atoms with van der Waals surface area (Å²) in [4.78, 5) is 0. The smallest absolute Gasteiger partial charge is 0.276 e. The highest BCUT2D eigenvalue weighted by atomic mass is 32.2. The van der Waals surface area contributed by atoms with Crippen LogP contribution in [0.15, 0.2) is 21.6 Å². The van der Waals surface area contributed by atoms with Crippen molar-refractivity contribution in [2.45, 2.75) is 18.6 Å². The largest absolute Gasteiger partial charge is 0.447 e. The van der Waals surface area contributed by atoms with Gasteiger partial charge in [0.05, 0.1) is 13.2 Å². The zero-order chi connectivity index (χ0) is 13.6. The molecule has 0 aliphatic heterocycles. The molecule has 0 fully saturated rings. The summed E-state index contributed by atoms with van der Waals surface area (Å²) in [6.45, 7) is 3.95. The summed E-state index contributed by atoms with van der Waals surface area (Å²) in [5, 5.41) is 3.07. The van der Waals surface area contributed by atoms with Crippen LogP contribution >= 0.6 is 0 Å². The molecule has 7 heteroatoms. The van der Waals surface area contributed by atoms with Gasteiger partial charge in [-0.05, 0) is 12.1 Å². The summed E-state index contributed by atoms with van der Waals surface area (Å²) < 4.78 is 35.3. The van der Waals surface area contributed by atoms with Crippen molar-refractivity contribution in [3.8, 4) is 0 Å². The van der Waals surface area contributed by atoms with Crippen LogP contribution in [-0.2, 0) is 21.3 Å². The third-order valence-corrected chi connectivity index (χ3v) is 4.34. The quantitative estimate of drug-likeness (QED) is 0.706. The maximum absolute atomic E-state index is 11.9. The van der Waals surface area contributed by atoms with Crippen molar-refractivity contribution in [1.29, 1.82) is 0 Å². The lowest BCUT2D eigenvalue weighted by Gasteiger charge is -2.12. The number of hydrogen-bond acceptors (Lipinski definition) is 5. The molecular formula is C11H20N2O4S. The fourth-order valence-electron chi connectivity index (χ4n) is 1.30. The summed E-state index contributed by atoms with van der Waals surface area (Å²) in [6.07, 6.45) is 0. The van der Waals surface area contributed by atoms with E-state index in [9.17, 15) is 8.42 Å². The summed E-state index contributed by atoms with van der Waals surface area (Å²) in [5.41, 5.74) is 0. The summed E-state index contributed by atoms with van der Waals surface area (Å²) in [5.74, 6) is 0.592. The molecule has 0 aliphatic carbocycles. The van der Waals surface area contributed by atoms with Crippen LogP contribution in [0.3, 0.4) is 0 Å². The standard InChI is InChI=1S/C11H20N2O4S/c1-4-13(2)18(14,15)11-6-5-10(17-11)9-12-7-8-16-3/h5-6,12H,4,7-9H2,1-3H3. The Kier molecular flexibility index (Phi) is 5.80. The number of furan rings is 1. The van der Waals surface area contributed by atoms with E-state index in [1.807, 2.05) is 0 Å². The second kappa shape index (κ2) is 6.89. The molecule has 18 heavy (non-hydrogen) atoms. The van der Waals surface area contributed by atoms with Crippen LogP contribution in [0.2, 0.25) is 0 Å². The molecule has 0 saturated carbocycles. The molecule has 0 aromatic carbocycles. The zero-order valence-electron chi connectivity index (χ0n) is 11.0. The highest BCUT2D eigenvalue weighted by Gasteiger charge is 2.23. The second-order valence-corrected chi connectivity index (χ2v) is 5.79. The van der Waals surface area contributed by atoms with Crippen LogP contribution in [0, 0.1) is 0 Å². The maximum atomic E-state index is 11.9. The van der Waals surface area contributed by atoms with Gasteiger partial charge in [-0.3, -0.25) is 0 Å². The van der Waals surface area contributed by atoms with Gasteiger partial charge in [-0.15, -0.1) is 0 Å². The Labute approximate surface area is 108 Å². The molecule has 0 radical (unpaired) electrons. The number of hydrogen-bond donors (Lipinski definition) is 1. The van der Waals surface area contributed by atoms with E-state index < -0.39 is 10.0 Å². The summed E-state index contributed by atoms with van der Waals surface area (Å²) >= 11 is 0. The lowest BCUT2D eigenvalue weighted by atomic mass is 10.4. The molecule has 0 saturated heterocycles. The predicted molar refractivity (Wildman–Crippen MR) is 67.8 cm³/mol. The molecule has 0 amide bonds. The van der Waals surface area contributed by atoms with Crippen molar-refractivity contribution in [3.05, 3.63) is 17.9 Å². The molecule has 0 aliphatic rings. The van der Waals surface area contributed by atoms with Crippen LogP contribution in [0.5, 0.6) is 0 Å². The van der Waals surface area contributed by atoms with E-state index in [-0.39, 0.29) is 5.09 Å². The highest BCUT2D eigenvalue weighted by molar-refractivity contribution is 7.89. The van der Waals surface area contributed by atoms with Gasteiger partial charge in [0, 0.05) is 27.2 Å². The molecule has 0 unspecified atom stereocenters. The minimum atomic E-state index is -3.49. The average molecular weight is 276 g/mol. The Morgan fingerprint density at radius 3 is 2.78 bits per heavy atom. The lowest BCUT2D eigenvalue weighted by molar-refractivity contribution is 0.198. The van der Waals surface area contributed by atoms with Crippen molar-refractivity contribution in [3.63, 3.8) is 0 Å². The van der Waals surface area contributed by atoms with Crippen molar-refractivity contribution in [2.75, 3.05) is 33.9 Å². The minimum Gasteiger partial charge on any atom is -0.447 e. The molecule has 1 aromatic rings. The Morgan fingerprint density at radius 2 is 2.17 bits per heavy atom. The first-order chi connectivity index (χ1) is 8.52. The van der Waals surface area contributed by atoms with Crippen molar-refractivity contribution in [1.82, 2.24) is 9.62 Å². The second-order valence-electron chi connectivity index (χ2n) is 3.81. The molecule has 1 N–H and O–H groups in total. The molecule has 0 spiro atoms. The van der Waals surface area contributed by atoms with Crippen molar-refractivity contribution < 1.29 is 17.6 Å². The number of sulfonamides is 1. The van der Waals surface area contributed by atoms with Gasteiger partial charge in [0.1, 0.15) is 5.76 Å². The first-order valence-corrected chi connectivity index (χ1v) is 7.21. The van der Waals surface area contributed by atoms with E-state index in [1.54, 1.807) is 20.1 Å². The fourth-order valence-corrected chi connectivity index (χ4v) is 2.40. The predicted octanol–water partition coefficient (Wildman–Crippen LogP) is 0.656. The van der Waals surface area contributed by atoms with Gasteiger partial charge >= 0.3 is 0 Å². The third kappa shape index (κ3) is 3.81. The van der Waals surface area contributed by atoms with E-state index in [4.69, 9.17) is 9.15 Å². The van der Waals surface area contributed by atoms with Crippen LogP contribution in [-0.4, -0.2) is 46.6 Å². The summed E-state index contributed by atoms with van der Waals surface area (Å²) in [7, 11) is -0.342. The van der Waals surface area contributed by atoms with Gasteiger partial charge in [-0.1, -0.05) is 6.92 Å². The van der Waals surface area contributed by atoms with Crippen molar-refractivity contribution in [2.24, 2.45) is 0 Å². The average Bonchev–Trinajstić information content (AvgIpc) is 2.83. The molecule has 6 nitrogen and oxygen atoms in total. The molecule has 0 bridgehead atoms. The molecule has 1 aromatic heterocycles. The van der Waals surface area contributed by atoms with E-state index in [2.05, 4.69) is 5.32 Å². The molecular weight excluding hydrogens is 256 g/mol. The Hall–Kier alpha value is -0.890. The number of rotatable bonds is 8. The van der Waals surface area contributed by atoms with E-state index >= 15 is 0 Å². The van der Waals surface area contributed by atoms with Gasteiger partial charge in [0.25, 0.3) is 10.0 Å². The van der Waals surface area contributed by atoms with E-state index in [0.29, 0.717) is 32.0 Å². The van der Waals surface area contributed by atoms with Gasteiger partial charge in [0.15, 0.2) is 0 Å². The molecule has 1 heterocycles. The molecule has 104 valence electrons. The van der Waals surface area contributed by atoms with Gasteiger partial charge in [-0.25, -0.2) is 8.42 Å². The van der Waals surface area contributed by atoms with Crippen LogP contribution in [0.4, 0.5) is 0 Å². The highest BCUT2D eigenvalue weighted by Crippen LogP contribution is 2.17. The monoisotopic (exact) mass is 276 g/mol. The lowest BCUT2D eigenvalue weighted by Crippen LogP contribution is -2.26. The van der Waals surface area contributed by atoms with Gasteiger partial charge in [-0.2, -0.15) is 4.31 Å². The Morgan fingerprint density at radius 1 is 1.44 bits per heavy atom. The van der Waals surface area contributed by atoms with Crippen LogP contribution in [0.1, 0.15) is 12.7 Å². The van der Waals surface area contributed by atoms with Gasteiger partial charge in [0.2, 0.25) is 5.09 Å². The number of nitrogens with one attached hydrogen (secondary N) is 1. The van der Waals surface area contributed by atoms with Crippen LogP contribution < -0.4 is 5.32 Å². The Balaban J connectivity index is 2.63. The first kappa shape index (κ1) is 15.2. The number of ether oxygens (including phenoxy) is 1. The molecule has 0 atom stereocenters.